The Labute approximate surface area is 129 Å². The zero-order valence-electron chi connectivity index (χ0n) is 12.7. The summed E-state index contributed by atoms with van der Waals surface area (Å²) in [4.78, 5) is 16.6. The van der Waals surface area contributed by atoms with Gasteiger partial charge in [0.15, 0.2) is 5.69 Å². The molecule has 1 aliphatic rings. The number of aromatic amines is 1. The summed E-state index contributed by atoms with van der Waals surface area (Å²) in [6, 6.07) is 8.15. The number of carbonyl (C=O) groups is 1. The van der Waals surface area contributed by atoms with E-state index in [0.29, 0.717) is 19.6 Å². The molecule has 3 rings (SSSR count). The third kappa shape index (κ3) is 2.90. The first-order valence-corrected chi connectivity index (χ1v) is 7.63. The summed E-state index contributed by atoms with van der Waals surface area (Å²) >= 11 is 0. The Bertz CT molecular complexity index is 694. The van der Waals surface area contributed by atoms with Gasteiger partial charge in [-0.1, -0.05) is 12.1 Å². The van der Waals surface area contributed by atoms with Gasteiger partial charge in [0.25, 0.3) is 0 Å². The fourth-order valence-corrected chi connectivity index (χ4v) is 3.10. The van der Waals surface area contributed by atoms with Crippen molar-refractivity contribution in [3.63, 3.8) is 0 Å². The highest BCUT2D eigenvalue weighted by Gasteiger charge is 2.23. The first kappa shape index (κ1) is 14.8. The molecule has 2 aromatic rings. The Morgan fingerprint density at radius 2 is 2.05 bits per heavy atom. The molecule has 1 aromatic carbocycles. The van der Waals surface area contributed by atoms with Crippen LogP contribution in [0.3, 0.4) is 0 Å². The molecule has 0 unspecified atom stereocenters. The second kappa shape index (κ2) is 6.32. The van der Waals surface area contributed by atoms with Gasteiger partial charge in [-0.2, -0.15) is 0 Å². The molecule has 22 heavy (non-hydrogen) atoms. The summed E-state index contributed by atoms with van der Waals surface area (Å²) in [5.41, 5.74) is 4.28. The predicted octanol–water partition coefficient (Wildman–Crippen LogP) is 0.481. The number of hydrogen-bond donors (Lipinski definition) is 0. The number of benzene rings is 1. The first-order chi connectivity index (χ1) is 10.7. The van der Waals surface area contributed by atoms with Gasteiger partial charge in [0.1, 0.15) is 0 Å². The number of carbonyl (C=O) groups excluding carboxylic acids is 1. The number of H-pyrrole nitrogens is 1. The van der Waals surface area contributed by atoms with Crippen LogP contribution in [0.15, 0.2) is 24.3 Å². The van der Waals surface area contributed by atoms with Crippen LogP contribution in [0, 0.1) is 6.92 Å². The quantitative estimate of drug-likeness (QED) is 0.824. The van der Waals surface area contributed by atoms with E-state index in [1.807, 2.05) is 19.1 Å². The number of nitrogens with zero attached hydrogens (tertiary/aromatic N) is 1. The lowest BCUT2D eigenvalue weighted by Crippen LogP contribution is -2.38. The molecule has 2 heterocycles. The van der Waals surface area contributed by atoms with Crippen molar-refractivity contribution < 1.29 is 19.6 Å². The van der Waals surface area contributed by atoms with Crippen LogP contribution < -0.4 is 15.0 Å². The first-order valence-electron chi connectivity index (χ1n) is 7.63. The largest absolute Gasteiger partial charge is 0.550 e. The zero-order valence-corrected chi connectivity index (χ0v) is 12.7. The zero-order chi connectivity index (χ0) is 15.5. The number of aryl methyl sites for hydroxylation is 1. The van der Waals surface area contributed by atoms with Crippen LogP contribution in [0.5, 0.6) is 0 Å². The number of nitrogens with one attached hydrogen (secondary N) is 1. The minimum absolute atomic E-state index is 0.0321. The average Bonchev–Trinajstić information content (AvgIpc) is 2.53. The number of carboxylic acids is 1. The summed E-state index contributed by atoms with van der Waals surface area (Å²) in [5, 5.41) is 12.0. The van der Waals surface area contributed by atoms with Crippen molar-refractivity contribution in [1.29, 1.82) is 0 Å². The second-order valence-corrected chi connectivity index (χ2v) is 5.59. The average molecular weight is 300 g/mol. The van der Waals surface area contributed by atoms with Crippen molar-refractivity contribution >= 4 is 22.6 Å². The SMILES string of the molecule is Cc1[nH+]c2ccccc2c(N2CCOCC2)c1CCC(=O)[O-]. The lowest BCUT2D eigenvalue weighted by molar-refractivity contribution is -0.355. The molecule has 0 amide bonds. The topological polar surface area (TPSA) is 66.7 Å². The monoisotopic (exact) mass is 300 g/mol. The van der Waals surface area contributed by atoms with E-state index in [4.69, 9.17) is 4.74 Å². The van der Waals surface area contributed by atoms with E-state index < -0.39 is 5.97 Å². The number of aromatic nitrogens is 1. The molecule has 116 valence electrons. The fraction of sp³-hybridized carbons (Fsp3) is 0.412. The Hall–Kier alpha value is -2.14. The van der Waals surface area contributed by atoms with Crippen LogP contribution in [-0.2, 0) is 16.0 Å². The van der Waals surface area contributed by atoms with Crippen LogP contribution in [0.2, 0.25) is 0 Å². The number of morpholine rings is 1. The maximum Gasteiger partial charge on any atom is 0.213 e. The van der Waals surface area contributed by atoms with E-state index in [2.05, 4.69) is 22.0 Å². The number of pyridine rings is 1. The third-order valence-electron chi connectivity index (χ3n) is 4.15. The van der Waals surface area contributed by atoms with Crippen LogP contribution >= 0.6 is 0 Å². The molecule has 0 radical (unpaired) electrons. The van der Waals surface area contributed by atoms with Gasteiger partial charge in [-0.3, -0.25) is 0 Å². The van der Waals surface area contributed by atoms with E-state index in [-0.39, 0.29) is 6.42 Å². The molecule has 5 heteroatoms. The Kier molecular flexibility index (Phi) is 4.24. The number of para-hydroxylation sites is 1. The van der Waals surface area contributed by atoms with Crippen molar-refractivity contribution in [2.75, 3.05) is 31.2 Å². The molecule has 5 nitrogen and oxygen atoms in total. The second-order valence-electron chi connectivity index (χ2n) is 5.59. The molecule has 1 saturated heterocycles. The van der Waals surface area contributed by atoms with E-state index in [1.54, 1.807) is 0 Å². The normalized spacial score (nSPS) is 15.2. The Morgan fingerprint density at radius 3 is 2.77 bits per heavy atom. The standard InChI is InChI=1S/C17H20N2O3/c1-12-13(6-7-16(20)21)17(19-8-10-22-11-9-19)14-4-2-3-5-15(14)18-12/h2-5H,6-11H2,1H3,(H,20,21). The number of ether oxygens (including phenoxy) is 1. The summed E-state index contributed by atoms with van der Waals surface area (Å²) in [6.07, 6.45) is 0.506. The molecule has 0 aliphatic carbocycles. The minimum Gasteiger partial charge on any atom is -0.550 e. The van der Waals surface area contributed by atoms with E-state index in [1.165, 1.54) is 0 Å². The lowest BCUT2D eigenvalue weighted by Gasteiger charge is -2.31. The highest BCUT2D eigenvalue weighted by atomic mass is 16.5. The molecule has 0 saturated carbocycles. The van der Waals surface area contributed by atoms with Gasteiger partial charge in [0.2, 0.25) is 5.52 Å². The lowest BCUT2D eigenvalue weighted by atomic mass is 10.0. The molecule has 0 atom stereocenters. The summed E-state index contributed by atoms with van der Waals surface area (Å²) in [6.45, 7) is 5.05. The van der Waals surface area contributed by atoms with Crippen LogP contribution in [0.1, 0.15) is 17.7 Å². The maximum absolute atomic E-state index is 10.9. The fourth-order valence-electron chi connectivity index (χ4n) is 3.10. The van der Waals surface area contributed by atoms with E-state index >= 15 is 0 Å². The molecule has 0 bridgehead atoms. The van der Waals surface area contributed by atoms with E-state index in [0.717, 1.165) is 40.9 Å². The van der Waals surface area contributed by atoms with Crippen LogP contribution in [0.25, 0.3) is 10.9 Å². The number of carboxylic acid groups (broad SMARTS) is 1. The molecule has 0 spiro atoms. The van der Waals surface area contributed by atoms with E-state index in [9.17, 15) is 9.90 Å². The van der Waals surface area contributed by atoms with Crippen molar-refractivity contribution in [3.05, 3.63) is 35.5 Å². The van der Waals surface area contributed by atoms with Gasteiger partial charge in [0.05, 0.1) is 24.3 Å². The Morgan fingerprint density at radius 1 is 1.32 bits per heavy atom. The highest BCUT2D eigenvalue weighted by Crippen LogP contribution is 2.31. The molecule has 1 aliphatic heterocycles. The van der Waals surface area contributed by atoms with Gasteiger partial charge in [0, 0.05) is 37.6 Å². The number of rotatable bonds is 4. The summed E-state index contributed by atoms with van der Waals surface area (Å²) in [7, 11) is 0. The van der Waals surface area contributed by atoms with Crippen LogP contribution in [-0.4, -0.2) is 32.3 Å². The van der Waals surface area contributed by atoms with Crippen molar-refractivity contribution in [2.45, 2.75) is 19.8 Å². The summed E-state index contributed by atoms with van der Waals surface area (Å²) in [5.74, 6) is -1.01. The highest BCUT2D eigenvalue weighted by molar-refractivity contribution is 5.92. The maximum atomic E-state index is 10.9. The number of hydrogen-bond acceptors (Lipinski definition) is 4. The number of anilines is 1. The third-order valence-corrected chi connectivity index (χ3v) is 4.15. The minimum atomic E-state index is -1.01. The predicted molar refractivity (Wildman–Crippen MR) is 81.6 cm³/mol. The van der Waals surface area contributed by atoms with Crippen molar-refractivity contribution in [3.8, 4) is 0 Å². The molecule has 1 fully saturated rings. The molecular formula is C17H20N2O3. The number of aliphatic carboxylic acids is 1. The van der Waals surface area contributed by atoms with Gasteiger partial charge < -0.3 is 19.5 Å². The van der Waals surface area contributed by atoms with Gasteiger partial charge in [-0.05, 0) is 18.9 Å². The van der Waals surface area contributed by atoms with Crippen molar-refractivity contribution in [2.24, 2.45) is 0 Å². The molecule has 1 N–H and O–H groups in total. The molecular weight excluding hydrogens is 280 g/mol. The van der Waals surface area contributed by atoms with Crippen LogP contribution in [0.4, 0.5) is 5.69 Å². The van der Waals surface area contributed by atoms with Gasteiger partial charge in [-0.25, -0.2) is 4.98 Å². The number of fused-ring (bicyclic) bond motifs is 1. The summed E-state index contributed by atoms with van der Waals surface area (Å²) < 4.78 is 5.45. The molecule has 1 aromatic heterocycles. The Balaban J connectivity index is 2.13. The van der Waals surface area contributed by atoms with Crippen molar-refractivity contribution in [1.82, 2.24) is 0 Å². The van der Waals surface area contributed by atoms with Gasteiger partial charge in [-0.15, -0.1) is 0 Å². The smallest absolute Gasteiger partial charge is 0.213 e. The van der Waals surface area contributed by atoms with Gasteiger partial charge >= 0.3 is 0 Å².